The van der Waals surface area contributed by atoms with E-state index >= 15 is 0 Å². The van der Waals surface area contributed by atoms with Crippen molar-refractivity contribution in [3.63, 3.8) is 0 Å². The lowest BCUT2D eigenvalue weighted by molar-refractivity contribution is 0.0768. The number of para-hydroxylation sites is 2. The van der Waals surface area contributed by atoms with Crippen molar-refractivity contribution in [1.29, 1.82) is 0 Å². The number of benzene rings is 3. The molecule has 29 heavy (non-hydrogen) atoms. The lowest BCUT2D eigenvalue weighted by Gasteiger charge is -2.19. The molecule has 0 atom stereocenters. The van der Waals surface area contributed by atoms with E-state index in [0.29, 0.717) is 22.9 Å². The van der Waals surface area contributed by atoms with Crippen LogP contribution >= 0.6 is 11.6 Å². The average Bonchev–Trinajstić information content (AvgIpc) is 2.74. The summed E-state index contributed by atoms with van der Waals surface area (Å²) in [4.78, 5) is 14.4. The van der Waals surface area contributed by atoms with Gasteiger partial charge in [0.1, 0.15) is 19.0 Å². The highest BCUT2D eigenvalue weighted by Crippen LogP contribution is 2.23. The van der Waals surface area contributed by atoms with Gasteiger partial charge in [-0.05, 0) is 30.3 Å². The largest absolute Gasteiger partial charge is 0.489 e. The lowest BCUT2D eigenvalue weighted by Crippen LogP contribution is -2.31. The molecule has 1 amide bonds. The van der Waals surface area contributed by atoms with Gasteiger partial charge in [0.2, 0.25) is 0 Å². The van der Waals surface area contributed by atoms with E-state index in [1.165, 1.54) is 11.0 Å². The summed E-state index contributed by atoms with van der Waals surface area (Å²) in [6, 6.07) is 20.6. The number of likely N-dealkylation sites (N-methyl/N-ethyl adjacent to an activating group) is 1. The summed E-state index contributed by atoms with van der Waals surface area (Å²) in [7, 11) is 1.66. The maximum atomic E-state index is 13.6. The maximum absolute atomic E-state index is 13.6. The first-order chi connectivity index (χ1) is 14.1. The predicted octanol–water partition coefficient (Wildman–Crippen LogP) is 5.21. The number of carbonyl (C=O) groups excluding carboxylic acids is 1. The second kappa shape index (κ2) is 9.94. The highest BCUT2D eigenvalue weighted by atomic mass is 35.5. The number of amides is 1. The van der Waals surface area contributed by atoms with Gasteiger partial charge >= 0.3 is 0 Å². The van der Waals surface area contributed by atoms with Crippen molar-refractivity contribution in [1.82, 2.24) is 4.90 Å². The van der Waals surface area contributed by atoms with Gasteiger partial charge in [-0.2, -0.15) is 0 Å². The molecule has 0 N–H and O–H groups in total. The van der Waals surface area contributed by atoms with Crippen molar-refractivity contribution in [2.75, 3.05) is 20.2 Å². The molecule has 0 fully saturated rings. The molecule has 0 unspecified atom stereocenters. The Morgan fingerprint density at radius 1 is 0.931 bits per heavy atom. The first kappa shape index (κ1) is 20.7. The van der Waals surface area contributed by atoms with E-state index in [0.717, 1.165) is 5.56 Å². The molecule has 0 heterocycles. The molecule has 0 bridgehead atoms. The van der Waals surface area contributed by atoms with Crippen LogP contribution in [0.5, 0.6) is 11.5 Å². The molecule has 6 heteroatoms. The smallest absolute Gasteiger partial charge is 0.257 e. The van der Waals surface area contributed by atoms with Crippen LogP contribution in [0.4, 0.5) is 4.39 Å². The zero-order valence-corrected chi connectivity index (χ0v) is 16.7. The maximum Gasteiger partial charge on any atom is 0.257 e. The van der Waals surface area contributed by atoms with Crippen LogP contribution in [0.1, 0.15) is 15.9 Å². The fourth-order valence-corrected chi connectivity index (χ4v) is 2.89. The van der Waals surface area contributed by atoms with Crippen molar-refractivity contribution in [3.8, 4) is 11.5 Å². The number of hydrogen-bond donors (Lipinski definition) is 0. The molecule has 0 spiro atoms. The monoisotopic (exact) mass is 413 g/mol. The number of ether oxygens (including phenoxy) is 2. The molecular weight excluding hydrogens is 393 g/mol. The number of halogens is 2. The normalized spacial score (nSPS) is 10.4. The molecule has 3 aromatic rings. The van der Waals surface area contributed by atoms with Gasteiger partial charge in [-0.3, -0.25) is 4.79 Å². The van der Waals surface area contributed by atoms with Crippen LogP contribution in [-0.4, -0.2) is 31.0 Å². The second-order valence-electron chi connectivity index (χ2n) is 6.38. The van der Waals surface area contributed by atoms with E-state index in [1.54, 1.807) is 55.6 Å². The topological polar surface area (TPSA) is 38.8 Å². The van der Waals surface area contributed by atoms with Gasteiger partial charge < -0.3 is 14.4 Å². The quantitative estimate of drug-likeness (QED) is 0.509. The van der Waals surface area contributed by atoms with Gasteiger partial charge in [0.25, 0.3) is 5.91 Å². The molecule has 0 aliphatic rings. The van der Waals surface area contributed by atoms with Crippen LogP contribution < -0.4 is 9.47 Å². The fraction of sp³-hybridized carbons (Fsp3) is 0.174. The predicted molar refractivity (Wildman–Crippen MR) is 111 cm³/mol. The molecular formula is C23H21ClFNO3. The van der Waals surface area contributed by atoms with Crippen LogP contribution in [0.2, 0.25) is 5.02 Å². The minimum atomic E-state index is -0.431. The molecule has 0 aromatic heterocycles. The van der Waals surface area contributed by atoms with Crippen molar-refractivity contribution in [2.24, 2.45) is 0 Å². The Balaban J connectivity index is 1.61. The first-order valence-electron chi connectivity index (χ1n) is 9.14. The summed E-state index contributed by atoms with van der Waals surface area (Å²) in [5.74, 6) is -0.00666. The van der Waals surface area contributed by atoms with E-state index in [1.807, 2.05) is 18.2 Å². The Morgan fingerprint density at radius 3 is 2.34 bits per heavy atom. The van der Waals surface area contributed by atoms with E-state index in [4.69, 9.17) is 21.1 Å². The summed E-state index contributed by atoms with van der Waals surface area (Å²) in [5.41, 5.74) is 1.27. The first-order valence-corrected chi connectivity index (χ1v) is 9.52. The number of hydrogen-bond acceptors (Lipinski definition) is 3. The summed E-state index contributed by atoms with van der Waals surface area (Å²) in [6.45, 7) is 0.724. The standard InChI is InChI=1S/C23H21ClFNO3/c1-26(14-15-28-22-13-7-5-11-20(22)25)23(27)18-9-3-6-12-21(18)29-16-17-8-2-4-10-19(17)24/h2-13H,14-16H2,1H3. The minimum absolute atomic E-state index is 0.164. The highest BCUT2D eigenvalue weighted by molar-refractivity contribution is 6.31. The Bertz CT molecular complexity index is 980. The lowest BCUT2D eigenvalue weighted by atomic mass is 10.1. The number of carbonyl (C=O) groups is 1. The summed E-state index contributed by atoms with van der Waals surface area (Å²) in [5, 5.41) is 0.610. The summed E-state index contributed by atoms with van der Waals surface area (Å²) < 4.78 is 24.9. The van der Waals surface area contributed by atoms with E-state index in [9.17, 15) is 9.18 Å². The fourth-order valence-electron chi connectivity index (χ4n) is 2.70. The van der Waals surface area contributed by atoms with Crippen molar-refractivity contribution < 1.29 is 18.7 Å². The van der Waals surface area contributed by atoms with Gasteiger partial charge in [0.05, 0.1) is 12.1 Å². The average molecular weight is 414 g/mol. The molecule has 4 nitrogen and oxygen atoms in total. The third kappa shape index (κ3) is 5.48. The van der Waals surface area contributed by atoms with Crippen molar-refractivity contribution in [3.05, 3.63) is 94.8 Å². The highest BCUT2D eigenvalue weighted by Gasteiger charge is 2.17. The van der Waals surface area contributed by atoms with Gasteiger partial charge in [-0.25, -0.2) is 4.39 Å². The van der Waals surface area contributed by atoms with Crippen LogP contribution in [0.15, 0.2) is 72.8 Å². The van der Waals surface area contributed by atoms with Gasteiger partial charge in [-0.1, -0.05) is 54.1 Å². The van der Waals surface area contributed by atoms with Gasteiger partial charge in [0.15, 0.2) is 11.6 Å². The number of rotatable bonds is 8. The summed E-state index contributed by atoms with van der Waals surface area (Å²) in [6.07, 6.45) is 0. The molecule has 0 radical (unpaired) electrons. The van der Waals surface area contributed by atoms with Crippen LogP contribution in [0, 0.1) is 5.82 Å². The molecule has 0 saturated heterocycles. The Hall–Kier alpha value is -3.05. The molecule has 0 aliphatic heterocycles. The summed E-state index contributed by atoms with van der Waals surface area (Å²) >= 11 is 6.17. The SMILES string of the molecule is CN(CCOc1ccccc1F)C(=O)c1ccccc1OCc1ccccc1Cl. The van der Waals surface area contributed by atoms with E-state index in [2.05, 4.69) is 0 Å². The Labute approximate surface area is 174 Å². The van der Waals surface area contributed by atoms with E-state index in [-0.39, 0.29) is 24.9 Å². The minimum Gasteiger partial charge on any atom is -0.489 e. The molecule has 3 aromatic carbocycles. The Kier molecular flexibility index (Phi) is 7.09. The third-order valence-corrected chi connectivity index (χ3v) is 4.69. The second-order valence-corrected chi connectivity index (χ2v) is 6.79. The van der Waals surface area contributed by atoms with Crippen molar-refractivity contribution in [2.45, 2.75) is 6.61 Å². The van der Waals surface area contributed by atoms with Crippen LogP contribution in [0.25, 0.3) is 0 Å². The van der Waals surface area contributed by atoms with Crippen molar-refractivity contribution >= 4 is 17.5 Å². The molecule has 0 saturated carbocycles. The zero-order chi connectivity index (χ0) is 20.6. The van der Waals surface area contributed by atoms with Crippen LogP contribution in [-0.2, 0) is 6.61 Å². The Morgan fingerprint density at radius 2 is 1.59 bits per heavy atom. The molecule has 3 rings (SSSR count). The molecule has 0 aliphatic carbocycles. The molecule has 150 valence electrons. The number of nitrogens with zero attached hydrogens (tertiary/aromatic N) is 1. The van der Waals surface area contributed by atoms with E-state index < -0.39 is 5.82 Å². The van der Waals surface area contributed by atoms with Crippen LogP contribution in [0.3, 0.4) is 0 Å². The van der Waals surface area contributed by atoms with Gasteiger partial charge in [-0.15, -0.1) is 0 Å². The third-order valence-electron chi connectivity index (χ3n) is 4.33. The van der Waals surface area contributed by atoms with Gasteiger partial charge in [0, 0.05) is 17.6 Å². The zero-order valence-electron chi connectivity index (χ0n) is 16.0.